The maximum absolute atomic E-state index is 11.2. The summed E-state index contributed by atoms with van der Waals surface area (Å²) in [6.07, 6.45) is 1.88. The molecule has 0 N–H and O–H groups in total. The van der Waals surface area contributed by atoms with Crippen LogP contribution in [0.5, 0.6) is 0 Å². The van der Waals surface area contributed by atoms with Crippen LogP contribution in [-0.2, 0) is 0 Å². The van der Waals surface area contributed by atoms with Gasteiger partial charge in [-0.05, 0) is 6.26 Å². The van der Waals surface area contributed by atoms with Crippen molar-refractivity contribution in [2.24, 2.45) is 0 Å². The van der Waals surface area contributed by atoms with Crippen LogP contribution in [0.3, 0.4) is 0 Å². The van der Waals surface area contributed by atoms with Crippen molar-refractivity contribution in [1.82, 2.24) is 0 Å². The standard InChI is InChI=1S/C9H9OS/c1-11-7-9(10)8-5-3-2-4-6-8/h2-7H,1H3. The van der Waals surface area contributed by atoms with Crippen LogP contribution in [-0.4, -0.2) is 12.0 Å². The molecule has 0 spiro atoms. The summed E-state index contributed by atoms with van der Waals surface area (Å²) in [6.45, 7) is 0. The summed E-state index contributed by atoms with van der Waals surface area (Å²) in [4.78, 5) is 11.2. The number of benzene rings is 1. The summed E-state index contributed by atoms with van der Waals surface area (Å²) in [5.74, 6) is 1.69. The van der Waals surface area contributed by atoms with Crippen molar-refractivity contribution in [2.75, 3.05) is 6.26 Å². The van der Waals surface area contributed by atoms with Gasteiger partial charge in [0.1, 0.15) is 0 Å². The SMILES string of the molecule is CS[CH]C(=O)c1ccccc1. The zero-order valence-electron chi connectivity index (χ0n) is 6.28. The van der Waals surface area contributed by atoms with Crippen molar-refractivity contribution in [1.29, 1.82) is 0 Å². The highest BCUT2D eigenvalue weighted by Crippen LogP contribution is 2.07. The van der Waals surface area contributed by atoms with Gasteiger partial charge in [-0.25, -0.2) is 0 Å². The van der Waals surface area contributed by atoms with Crippen LogP contribution in [0.4, 0.5) is 0 Å². The van der Waals surface area contributed by atoms with E-state index in [0.29, 0.717) is 0 Å². The lowest BCUT2D eigenvalue weighted by atomic mass is 10.2. The maximum Gasteiger partial charge on any atom is 0.177 e. The molecular weight excluding hydrogens is 156 g/mol. The van der Waals surface area contributed by atoms with Gasteiger partial charge in [0.05, 0.1) is 5.75 Å². The van der Waals surface area contributed by atoms with Crippen molar-refractivity contribution >= 4 is 17.5 Å². The Morgan fingerprint density at radius 2 is 2.00 bits per heavy atom. The average molecular weight is 165 g/mol. The van der Waals surface area contributed by atoms with E-state index in [1.165, 1.54) is 11.8 Å². The van der Waals surface area contributed by atoms with Gasteiger partial charge in [0.15, 0.2) is 5.78 Å². The van der Waals surface area contributed by atoms with Gasteiger partial charge in [-0.1, -0.05) is 30.3 Å². The number of ketones is 1. The molecule has 0 saturated heterocycles. The van der Waals surface area contributed by atoms with Crippen LogP contribution in [0.25, 0.3) is 0 Å². The Morgan fingerprint density at radius 1 is 1.36 bits per heavy atom. The Morgan fingerprint density at radius 3 is 2.55 bits per heavy atom. The van der Waals surface area contributed by atoms with Gasteiger partial charge in [-0.2, -0.15) is 11.8 Å². The number of rotatable bonds is 3. The van der Waals surface area contributed by atoms with E-state index in [4.69, 9.17) is 0 Å². The Labute approximate surface area is 70.8 Å². The second-order valence-electron chi connectivity index (χ2n) is 2.08. The fraction of sp³-hybridized carbons (Fsp3) is 0.111. The van der Waals surface area contributed by atoms with Crippen LogP contribution in [0.2, 0.25) is 0 Å². The lowest BCUT2D eigenvalue weighted by Crippen LogP contribution is -1.95. The molecule has 1 nitrogen and oxygen atoms in total. The summed E-state index contributed by atoms with van der Waals surface area (Å²) >= 11 is 1.43. The highest BCUT2D eigenvalue weighted by atomic mass is 32.2. The van der Waals surface area contributed by atoms with Crippen LogP contribution in [0.15, 0.2) is 30.3 Å². The van der Waals surface area contributed by atoms with E-state index in [9.17, 15) is 4.79 Å². The minimum absolute atomic E-state index is 0.0816. The Bertz CT molecular complexity index is 231. The summed E-state index contributed by atoms with van der Waals surface area (Å²) in [7, 11) is 0. The first-order valence-electron chi connectivity index (χ1n) is 3.30. The van der Waals surface area contributed by atoms with Gasteiger partial charge in [-0.15, -0.1) is 0 Å². The van der Waals surface area contributed by atoms with E-state index in [0.717, 1.165) is 5.56 Å². The first-order chi connectivity index (χ1) is 5.34. The van der Waals surface area contributed by atoms with Crippen LogP contribution >= 0.6 is 11.8 Å². The zero-order chi connectivity index (χ0) is 8.10. The topological polar surface area (TPSA) is 17.1 Å². The van der Waals surface area contributed by atoms with Crippen LogP contribution in [0, 0.1) is 5.75 Å². The Hall–Kier alpha value is -0.760. The van der Waals surface area contributed by atoms with Crippen molar-refractivity contribution in [2.45, 2.75) is 0 Å². The van der Waals surface area contributed by atoms with Gasteiger partial charge in [-0.3, -0.25) is 4.79 Å². The number of hydrogen-bond acceptors (Lipinski definition) is 2. The fourth-order valence-electron chi connectivity index (χ4n) is 0.777. The monoisotopic (exact) mass is 165 g/mol. The number of carbonyl (C=O) groups excluding carboxylic acids is 1. The van der Waals surface area contributed by atoms with Gasteiger partial charge >= 0.3 is 0 Å². The number of Topliss-reactive ketones (excluding diaryl/α,β-unsaturated/α-hetero) is 1. The molecule has 0 heterocycles. The molecule has 0 saturated carbocycles. The normalized spacial score (nSPS) is 9.55. The molecular formula is C9H9OS. The van der Waals surface area contributed by atoms with E-state index >= 15 is 0 Å². The van der Waals surface area contributed by atoms with E-state index < -0.39 is 0 Å². The quantitative estimate of drug-likeness (QED) is 0.640. The van der Waals surface area contributed by atoms with Gasteiger partial charge in [0.25, 0.3) is 0 Å². The molecule has 1 aromatic rings. The fourth-order valence-corrected chi connectivity index (χ4v) is 1.13. The summed E-state index contributed by atoms with van der Waals surface area (Å²) in [5.41, 5.74) is 0.752. The largest absolute Gasteiger partial charge is 0.293 e. The zero-order valence-corrected chi connectivity index (χ0v) is 7.10. The van der Waals surface area contributed by atoms with E-state index in [-0.39, 0.29) is 5.78 Å². The molecule has 1 radical (unpaired) electrons. The highest BCUT2D eigenvalue weighted by Gasteiger charge is 2.02. The van der Waals surface area contributed by atoms with Gasteiger partial charge in [0, 0.05) is 5.56 Å². The third-order valence-electron chi connectivity index (χ3n) is 1.28. The molecule has 57 valence electrons. The third kappa shape index (κ3) is 2.39. The lowest BCUT2D eigenvalue weighted by molar-refractivity contribution is 0.104. The van der Waals surface area contributed by atoms with Crippen molar-refractivity contribution in [3.8, 4) is 0 Å². The first kappa shape index (κ1) is 8.34. The number of thioether (sulfide) groups is 1. The lowest BCUT2D eigenvalue weighted by Gasteiger charge is -1.95. The molecule has 0 amide bonds. The Kier molecular flexibility index (Phi) is 3.17. The van der Waals surface area contributed by atoms with E-state index in [2.05, 4.69) is 0 Å². The predicted molar refractivity (Wildman–Crippen MR) is 48.6 cm³/mol. The molecule has 0 aliphatic rings. The minimum atomic E-state index is 0.0816. The smallest absolute Gasteiger partial charge is 0.177 e. The minimum Gasteiger partial charge on any atom is -0.293 e. The van der Waals surface area contributed by atoms with E-state index in [1.807, 2.05) is 36.6 Å². The molecule has 0 unspecified atom stereocenters. The Balaban J connectivity index is 2.69. The molecule has 2 heteroatoms. The van der Waals surface area contributed by atoms with Gasteiger partial charge < -0.3 is 0 Å². The highest BCUT2D eigenvalue weighted by molar-refractivity contribution is 8.01. The second kappa shape index (κ2) is 4.19. The first-order valence-corrected chi connectivity index (χ1v) is 4.59. The number of carbonyl (C=O) groups is 1. The third-order valence-corrected chi connectivity index (χ3v) is 1.73. The molecule has 0 aliphatic heterocycles. The summed E-state index contributed by atoms with van der Waals surface area (Å²) < 4.78 is 0. The average Bonchev–Trinajstić information content (AvgIpc) is 2.07. The van der Waals surface area contributed by atoms with Crippen molar-refractivity contribution in [3.63, 3.8) is 0 Å². The van der Waals surface area contributed by atoms with Crippen molar-refractivity contribution < 1.29 is 4.79 Å². The predicted octanol–water partition coefficient (Wildman–Crippen LogP) is 2.39. The van der Waals surface area contributed by atoms with Crippen LogP contribution < -0.4 is 0 Å². The molecule has 1 rings (SSSR count). The molecule has 1 aromatic carbocycles. The maximum atomic E-state index is 11.2. The van der Waals surface area contributed by atoms with E-state index in [1.54, 1.807) is 5.75 Å². The molecule has 0 aliphatic carbocycles. The molecule has 0 aromatic heterocycles. The molecule has 0 bridgehead atoms. The number of hydrogen-bond donors (Lipinski definition) is 0. The molecule has 0 fully saturated rings. The summed E-state index contributed by atoms with van der Waals surface area (Å²) in [6, 6.07) is 9.25. The van der Waals surface area contributed by atoms with Crippen molar-refractivity contribution in [3.05, 3.63) is 41.6 Å². The van der Waals surface area contributed by atoms with Gasteiger partial charge in [0.2, 0.25) is 0 Å². The van der Waals surface area contributed by atoms with Crippen LogP contribution in [0.1, 0.15) is 10.4 Å². The second-order valence-corrected chi connectivity index (χ2v) is 2.79. The molecule has 11 heavy (non-hydrogen) atoms. The molecule has 0 atom stereocenters. The summed E-state index contributed by atoms with van der Waals surface area (Å²) in [5, 5.41) is 0.